The number of benzene rings is 1. The molecular weight excluding hydrogens is 293 g/mol. The zero-order chi connectivity index (χ0) is 16.4. The average Bonchev–Trinajstić information content (AvgIpc) is 3.27. The standard InChI is InChI=1S/C15H18FNO5/c1-7(17-14(18)9-4-10(9)15(19)20)8-5-12(21-2)13(22-3)6-11(8)16/h5-7,9-10H,4H2,1-3H3,(H,17,18)(H,19,20)/t7-,9-,10-/m0/s1. The molecule has 1 saturated carbocycles. The molecule has 0 aromatic heterocycles. The van der Waals surface area contributed by atoms with Crippen LogP contribution in [0.15, 0.2) is 12.1 Å². The first kappa shape index (κ1) is 16.1. The summed E-state index contributed by atoms with van der Waals surface area (Å²) in [5, 5.41) is 11.5. The Hall–Kier alpha value is -2.31. The number of hydrogen-bond donors (Lipinski definition) is 2. The number of aliphatic carboxylic acids is 1. The van der Waals surface area contributed by atoms with Crippen molar-refractivity contribution in [2.24, 2.45) is 11.8 Å². The van der Waals surface area contributed by atoms with Gasteiger partial charge in [0.15, 0.2) is 11.5 Å². The van der Waals surface area contributed by atoms with Gasteiger partial charge in [-0.05, 0) is 19.4 Å². The van der Waals surface area contributed by atoms with Gasteiger partial charge < -0.3 is 19.9 Å². The maximum absolute atomic E-state index is 14.1. The smallest absolute Gasteiger partial charge is 0.307 e. The Morgan fingerprint density at radius 1 is 1.27 bits per heavy atom. The Morgan fingerprint density at radius 2 is 1.86 bits per heavy atom. The third-order valence-corrected chi connectivity index (χ3v) is 3.77. The number of carbonyl (C=O) groups excluding carboxylic acids is 1. The van der Waals surface area contributed by atoms with Crippen LogP contribution >= 0.6 is 0 Å². The maximum Gasteiger partial charge on any atom is 0.307 e. The Labute approximate surface area is 127 Å². The van der Waals surface area contributed by atoms with E-state index >= 15 is 0 Å². The number of carbonyl (C=O) groups is 2. The van der Waals surface area contributed by atoms with Crippen molar-refractivity contribution in [3.05, 3.63) is 23.5 Å². The van der Waals surface area contributed by atoms with Gasteiger partial charge in [0.25, 0.3) is 0 Å². The van der Waals surface area contributed by atoms with Crippen LogP contribution in [0.25, 0.3) is 0 Å². The summed E-state index contributed by atoms with van der Waals surface area (Å²) in [5.41, 5.74) is 0.249. The Bertz CT molecular complexity index is 604. The van der Waals surface area contributed by atoms with Crippen LogP contribution in [-0.2, 0) is 9.59 Å². The van der Waals surface area contributed by atoms with E-state index in [9.17, 15) is 14.0 Å². The predicted octanol–water partition coefficient (Wildman–Crippen LogP) is 1.74. The molecule has 0 unspecified atom stereocenters. The zero-order valence-corrected chi connectivity index (χ0v) is 12.6. The fourth-order valence-corrected chi connectivity index (χ4v) is 2.36. The minimum absolute atomic E-state index is 0.249. The summed E-state index contributed by atoms with van der Waals surface area (Å²) in [7, 11) is 2.84. The number of methoxy groups -OCH3 is 2. The summed E-state index contributed by atoms with van der Waals surface area (Å²) < 4.78 is 24.2. The van der Waals surface area contributed by atoms with E-state index in [1.807, 2.05) is 0 Å². The van der Waals surface area contributed by atoms with Crippen molar-refractivity contribution in [2.75, 3.05) is 14.2 Å². The van der Waals surface area contributed by atoms with E-state index < -0.39 is 29.7 Å². The number of halogens is 1. The largest absolute Gasteiger partial charge is 0.493 e. The van der Waals surface area contributed by atoms with Crippen molar-refractivity contribution in [3.8, 4) is 11.5 Å². The number of carboxylic acid groups (broad SMARTS) is 1. The lowest BCUT2D eigenvalue weighted by Crippen LogP contribution is -2.29. The van der Waals surface area contributed by atoms with Crippen molar-refractivity contribution >= 4 is 11.9 Å². The van der Waals surface area contributed by atoms with Crippen LogP contribution in [0, 0.1) is 17.7 Å². The predicted molar refractivity (Wildman–Crippen MR) is 75.3 cm³/mol. The number of carboxylic acids is 1. The zero-order valence-electron chi connectivity index (χ0n) is 12.6. The highest BCUT2D eigenvalue weighted by molar-refractivity contribution is 5.89. The number of amides is 1. The third kappa shape index (κ3) is 3.13. The SMILES string of the molecule is COc1cc(F)c([C@H](C)NC(=O)[C@H]2C[C@@H]2C(=O)O)cc1OC. The summed E-state index contributed by atoms with van der Waals surface area (Å²) in [6.45, 7) is 1.63. The van der Waals surface area contributed by atoms with Crippen molar-refractivity contribution in [1.82, 2.24) is 5.32 Å². The third-order valence-electron chi connectivity index (χ3n) is 3.77. The van der Waals surface area contributed by atoms with E-state index in [-0.39, 0.29) is 17.2 Å². The number of nitrogens with one attached hydrogen (secondary N) is 1. The molecule has 1 fully saturated rings. The molecule has 0 radical (unpaired) electrons. The lowest BCUT2D eigenvalue weighted by Gasteiger charge is -2.17. The molecule has 2 rings (SSSR count). The maximum atomic E-state index is 14.1. The van der Waals surface area contributed by atoms with Gasteiger partial charge in [0.2, 0.25) is 5.91 Å². The second kappa shape index (κ2) is 6.21. The molecule has 0 bridgehead atoms. The molecule has 7 heteroatoms. The molecule has 1 amide bonds. The lowest BCUT2D eigenvalue weighted by atomic mass is 10.1. The minimum Gasteiger partial charge on any atom is -0.493 e. The number of rotatable bonds is 6. The molecule has 1 aliphatic rings. The number of hydrogen-bond acceptors (Lipinski definition) is 4. The van der Waals surface area contributed by atoms with Crippen molar-refractivity contribution in [1.29, 1.82) is 0 Å². The van der Waals surface area contributed by atoms with Crippen LogP contribution < -0.4 is 14.8 Å². The first-order valence-electron chi connectivity index (χ1n) is 6.83. The summed E-state index contributed by atoms with van der Waals surface area (Å²) in [5.74, 6) is -2.45. The second-order valence-corrected chi connectivity index (χ2v) is 5.25. The lowest BCUT2D eigenvalue weighted by molar-refractivity contribution is -0.140. The molecular formula is C15H18FNO5. The van der Waals surface area contributed by atoms with Gasteiger partial charge in [0.1, 0.15) is 5.82 Å². The molecule has 3 atom stereocenters. The van der Waals surface area contributed by atoms with Gasteiger partial charge in [-0.25, -0.2) is 4.39 Å². The monoisotopic (exact) mass is 311 g/mol. The molecule has 1 aromatic rings. The van der Waals surface area contributed by atoms with E-state index in [2.05, 4.69) is 5.32 Å². The summed E-state index contributed by atoms with van der Waals surface area (Å²) >= 11 is 0. The fourth-order valence-electron chi connectivity index (χ4n) is 2.36. The first-order chi connectivity index (χ1) is 10.4. The topological polar surface area (TPSA) is 84.9 Å². The average molecular weight is 311 g/mol. The second-order valence-electron chi connectivity index (χ2n) is 5.25. The summed E-state index contributed by atoms with van der Waals surface area (Å²) in [6, 6.07) is 2.04. The van der Waals surface area contributed by atoms with Crippen molar-refractivity contribution in [3.63, 3.8) is 0 Å². The van der Waals surface area contributed by atoms with Crippen LogP contribution in [0.4, 0.5) is 4.39 Å². The van der Waals surface area contributed by atoms with Gasteiger partial charge in [0, 0.05) is 11.6 Å². The molecule has 0 aliphatic heterocycles. The molecule has 2 N–H and O–H groups in total. The Balaban J connectivity index is 2.11. The quantitative estimate of drug-likeness (QED) is 0.836. The summed E-state index contributed by atoms with van der Waals surface area (Å²) in [6.07, 6.45) is 0.322. The first-order valence-corrected chi connectivity index (χ1v) is 6.83. The highest BCUT2D eigenvalue weighted by Crippen LogP contribution is 2.39. The molecule has 120 valence electrons. The van der Waals surface area contributed by atoms with Crippen LogP contribution in [-0.4, -0.2) is 31.2 Å². The van der Waals surface area contributed by atoms with Gasteiger partial charge in [-0.3, -0.25) is 9.59 Å². The van der Waals surface area contributed by atoms with Crippen LogP contribution in [0.5, 0.6) is 11.5 Å². The highest BCUT2D eigenvalue weighted by atomic mass is 19.1. The van der Waals surface area contributed by atoms with E-state index in [1.54, 1.807) is 6.92 Å². The normalized spacial score (nSPS) is 20.9. The Kier molecular flexibility index (Phi) is 4.54. The molecule has 0 heterocycles. The van der Waals surface area contributed by atoms with Gasteiger partial charge in [-0.15, -0.1) is 0 Å². The van der Waals surface area contributed by atoms with E-state index in [0.29, 0.717) is 12.2 Å². The van der Waals surface area contributed by atoms with Crippen molar-refractivity contribution in [2.45, 2.75) is 19.4 Å². The Morgan fingerprint density at radius 3 is 2.36 bits per heavy atom. The van der Waals surface area contributed by atoms with Crippen LogP contribution in [0.2, 0.25) is 0 Å². The fraction of sp³-hybridized carbons (Fsp3) is 0.467. The van der Waals surface area contributed by atoms with E-state index in [0.717, 1.165) is 0 Å². The van der Waals surface area contributed by atoms with Crippen molar-refractivity contribution < 1.29 is 28.6 Å². The minimum atomic E-state index is -0.981. The van der Waals surface area contributed by atoms with Crippen LogP contribution in [0.3, 0.4) is 0 Å². The van der Waals surface area contributed by atoms with Gasteiger partial charge in [-0.1, -0.05) is 0 Å². The number of ether oxygens (including phenoxy) is 2. The van der Waals surface area contributed by atoms with E-state index in [1.165, 1.54) is 26.4 Å². The summed E-state index contributed by atoms with van der Waals surface area (Å²) in [4.78, 5) is 22.7. The van der Waals surface area contributed by atoms with Gasteiger partial charge in [0.05, 0.1) is 32.1 Å². The van der Waals surface area contributed by atoms with Crippen LogP contribution in [0.1, 0.15) is 24.9 Å². The molecule has 0 spiro atoms. The van der Waals surface area contributed by atoms with Gasteiger partial charge in [-0.2, -0.15) is 0 Å². The highest BCUT2D eigenvalue weighted by Gasteiger charge is 2.48. The molecule has 0 saturated heterocycles. The molecule has 1 aromatic carbocycles. The molecule has 1 aliphatic carbocycles. The molecule has 6 nitrogen and oxygen atoms in total. The van der Waals surface area contributed by atoms with E-state index in [4.69, 9.17) is 14.6 Å². The van der Waals surface area contributed by atoms with Gasteiger partial charge >= 0.3 is 5.97 Å². The molecule has 22 heavy (non-hydrogen) atoms.